The Kier molecular flexibility index (Phi) is 5.11. The molecule has 3 heterocycles. The summed E-state index contributed by atoms with van der Waals surface area (Å²) in [5.74, 6) is 0.329. The van der Waals surface area contributed by atoms with Crippen LogP contribution in [0.4, 0.5) is 5.69 Å². The third-order valence-corrected chi connectivity index (χ3v) is 5.79. The second-order valence-electron chi connectivity index (χ2n) is 8.04. The quantitative estimate of drug-likeness (QED) is 0.496. The van der Waals surface area contributed by atoms with Crippen LogP contribution in [0.3, 0.4) is 0 Å². The zero-order chi connectivity index (χ0) is 22.1. The zero-order valence-electron chi connectivity index (χ0n) is 17.7. The van der Waals surface area contributed by atoms with E-state index in [0.29, 0.717) is 24.1 Å². The van der Waals surface area contributed by atoms with E-state index in [1.54, 1.807) is 18.3 Å². The standard InChI is InChI=1S/C26H22N4O2/c1-17-25(20-14-23(31)15-20)29-24-12-11-22(16-30(17)24)28-26(32)19-8-5-18(6-9-19)7-10-21-4-2-3-13-27-21/h2-13,16,20H,14-15H2,1H3,(H,28,32). The summed E-state index contributed by atoms with van der Waals surface area (Å²) < 4.78 is 1.97. The first-order chi connectivity index (χ1) is 15.6. The van der Waals surface area contributed by atoms with E-state index < -0.39 is 0 Å². The van der Waals surface area contributed by atoms with Gasteiger partial charge in [0.1, 0.15) is 11.4 Å². The first kappa shape index (κ1) is 19.9. The second kappa shape index (κ2) is 8.23. The molecule has 32 heavy (non-hydrogen) atoms. The molecule has 158 valence electrons. The molecule has 1 N–H and O–H groups in total. The van der Waals surface area contributed by atoms with Crippen molar-refractivity contribution in [2.45, 2.75) is 25.7 Å². The number of pyridine rings is 2. The number of ketones is 1. The van der Waals surface area contributed by atoms with Gasteiger partial charge in [-0.25, -0.2) is 4.98 Å². The van der Waals surface area contributed by atoms with Crippen molar-refractivity contribution in [3.8, 4) is 0 Å². The van der Waals surface area contributed by atoms with Crippen molar-refractivity contribution in [2.75, 3.05) is 5.32 Å². The SMILES string of the molecule is Cc1c(C2CC(=O)C2)nc2ccc(NC(=O)c3ccc(C=Cc4ccccn4)cc3)cn12. The fourth-order valence-electron chi connectivity index (χ4n) is 3.93. The fraction of sp³-hybridized carbons (Fsp3) is 0.154. The maximum Gasteiger partial charge on any atom is 0.255 e. The van der Waals surface area contributed by atoms with Crippen molar-refractivity contribution >= 4 is 35.2 Å². The lowest BCUT2D eigenvalue weighted by Crippen LogP contribution is -2.22. The highest BCUT2D eigenvalue weighted by Crippen LogP contribution is 2.35. The number of hydrogen-bond acceptors (Lipinski definition) is 4. The van der Waals surface area contributed by atoms with E-state index in [-0.39, 0.29) is 17.6 Å². The Labute approximate surface area is 185 Å². The minimum atomic E-state index is -0.174. The summed E-state index contributed by atoms with van der Waals surface area (Å²) in [5.41, 5.74) is 5.95. The number of aryl methyl sites for hydroxylation is 1. The van der Waals surface area contributed by atoms with Crippen molar-refractivity contribution in [3.63, 3.8) is 0 Å². The van der Waals surface area contributed by atoms with Gasteiger partial charge in [0.15, 0.2) is 0 Å². The lowest BCUT2D eigenvalue weighted by molar-refractivity contribution is -0.124. The van der Waals surface area contributed by atoms with Gasteiger partial charge in [0, 0.05) is 42.4 Å². The van der Waals surface area contributed by atoms with Crippen LogP contribution in [0.15, 0.2) is 67.0 Å². The van der Waals surface area contributed by atoms with Crippen LogP contribution in [0.1, 0.15) is 51.8 Å². The van der Waals surface area contributed by atoms with Gasteiger partial charge in [0.2, 0.25) is 0 Å². The number of anilines is 1. The summed E-state index contributed by atoms with van der Waals surface area (Å²) in [6, 6.07) is 16.9. The van der Waals surface area contributed by atoms with Crippen LogP contribution in [0.25, 0.3) is 17.8 Å². The van der Waals surface area contributed by atoms with Crippen LogP contribution in [0, 0.1) is 6.92 Å². The number of aromatic nitrogens is 3. The molecule has 0 atom stereocenters. The van der Waals surface area contributed by atoms with Crippen LogP contribution in [0.2, 0.25) is 0 Å². The third kappa shape index (κ3) is 3.95. The highest BCUT2D eigenvalue weighted by molar-refractivity contribution is 6.04. The van der Waals surface area contributed by atoms with Gasteiger partial charge in [-0.1, -0.05) is 24.3 Å². The lowest BCUT2D eigenvalue weighted by Gasteiger charge is -2.22. The molecule has 1 saturated carbocycles. The number of rotatable bonds is 5. The van der Waals surface area contributed by atoms with E-state index >= 15 is 0 Å². The molecule has 0 unspecified atom stereocenters. The maximum absolute atomic E-state index is 12.7. The highest BCUT2D eigenvalue weighted by Gasteiger charge is 2.31. The number of Topliss-reactive ketones (excluding diaryl/α,β-unsaturated/α-hetero) is 1. The second-order valence-corrected chi connectivity index (χ2v) is 8.04. The predicted molar refractivity (Wildman–Crippen MR) is 124 cm³/mol. The largest absolute Gasteiger partial charge is 0.321 e. The smallest absolute Gasteiger partial charge is 0.255 e. The molecule has 1 aromatic carbocycles. The Hall–Kier alpha value is -4.06. The normalized spacial score (nSPS) is 14.1. The zero-order valence-corrected chi connectivity index (χ0v) is 17.7. The minimum Gasteiger partial charge on any atom is -0.321 e. The van der Waals surface area contributed by atoms with Crippen molar-refractivity contribution in [1.82, 2.24) is 14.4 Å². The topological polar surface area (TPSA) is 76.4 Å². The van der Waals surface area contributed by atoms with E-state index in [2.05, 4.69) is 15.3 Å². The molecule has 1 amide bonds. The molecule has 6 heteroatoms. The molecule has 3 aromatic heterocycles. The Morgan fingerprint density at radius 3 is 2.59 bits per heavy atom. The Balaban J connectivity index is 1.29. The number of imidazole rings is 1. The number of hydrogen-bond donors (Lipinski definition) is 1. The molecule has 0 radical (unpaired) electrons. The van der Waals surface area contributed by atoms with Gasteiger partial charge < -0.3 is 9.72 Å². The van der Waals surface area contributed by atoms with Crippen LogP contribution in [0.5, 0.6) is 0 Å². The predicted octanol–water partition coefficient (Wildman–Crippen LogP) is 4.91. The molecule has 0 spiro atoms. The molecule has 0 bridgehead atoms. The molecule has 1 fully saturated rings. The summed E-state index contributed by atoms with van der Waals surface area (Å²) in [4.78, 5) is 33.0. The summed E-state index contributed by atoms with van der Waals surface area (Å²) in [5, 5.41) is 2.96. The Morgan fingerprint density at radius 1 is 1.06 bits per heavy atom. The van der Waals surface area contributed by atoms with E-state index in [9.17, 15) is 9.59 Å². The molecule has 5 rings (SSSR count). The number of benzene rings is 1. The van der Waals surface area contributed by atoms with Crippen molar-refractivity contribution in [1.29, 1.82) is 0 Å². The molecule has 1 aliphatic rings. The Bertz CT molecular complexity index is 1330. The summed E-state index contributed by atoms with van der Waals surface area (Å²) >= 11 is 0. The molecular weight excluding hydrogens is 400 g/mol. The molecule has 6 nitrogen and oxygen atoms in total. The van der Waals surface area contributed by atoms with Gasteiger partial charge in [-0.05, 0) is 55.0 Å². The van der Waals surface area contributed by atoms with E-state index in [4.69, 9.17) is 0 Å². The molecular formula is C26H22N4O2. The number of carbonyl (C=O) groups excluding carboxylic acids is 2. The van der Waals surface area contributed by atoms with Crippen molar-refractivity contribution in [3.05, 3.63) is 95.2 Å². The van der Waals surface area contributed by atoms with Gasteiger partial charge in [-0.2, -0.15) is 0 Å². The average molecular weight is 422 g/mol. The third-order valence-electron chi connectivity index (χ3n) is 5.79. The Morgan fingerprint density at radius 2 is 1.88 bits per heavy atom. The van der Waals surface area contributed by atoms with Gasteiger partial charge in [0.05, 0.1) is 17.1 Å². The van der Waals surface area contributed by atoms with E-state index in [1.807, 2.05) is 72.1 Å². The van der Waals surface area contributed by atoms with Crippen LogP contribution in [-0.4, -0.2) is 26.1 Å². The number of carbonyl (C=O) groups is 2. The molecule has 0 aliphatic heterocycles. The molecule has 1 aliphatic carbocycles. The number of fused-ring (bicyclic) bond motifs is 1. The van der Waals surface area contributed by atoms with Crippen LogP contribution < -0.4 is 5.32 Å². The van der Waals surface area contributed by atoms with Crippen molar-refractivity contribution in [2.24, 2.45) is 0 Å². The van der Waals surface area contributed by atoms with E-state index in [1.165, 1.54) is 0 Å². The monoisotopic (exact) mass is 422 g/mol. The van der Waals surface area contributed by atoms with Gasteiger partial charge >= 0.3 is 0 Å². The van der Waals surface area contributed by atoms with Crippen LogP contribution in [-0.2, 0) is 4.79 Å². The van der Waals surface area contributed by atoms with Gasteiger partial charge in [-0.15, -0.1) is 0 Å². The summed E-state index contributed by atoms with van der Waals surface area (Å²) in [7, 11) is 0. The van der Waals surface area contributed by atoms with Gasteiger partial charge in [0.25, 0.3) is 5.91 Å². The number of amides is 1. The molecule has 0 saturated heterocycles. The number of nitrogens with one attached hydrogen (secondary N) is 1. The first-order valence-corrected chi connectivity index (χ1v) is 10.6. The molecule has 4 aromatic rings. The summed E-state index contributed by atoms with van der Waals surface area (Å²) in [6.07, 6.45) is 8.68. The van der Waals surface area contributed by atoms with Crippen molar-refractivity contribution < 1.29 is 9.59 Å². The minimum absolute atomic E-state index is 0.174. The fourth-order valence-corrected chi connectivity index (χ4v) is 3.93. The lowest BCUT2D eigenvalue weighted by atomic mass is 9.81. The van der Waals surface area contributed by atoms with Gasteiger partial charge in [-0.3, -0.25) is 14.6 Å². The summed E-state index contributed by atoms with van der Waals surface area (Å²) in [6.45, 7) is 2.00. The number of nitrogens with zero attached hydrogens (tertiary/aromatic N) is 3. The maximum atomic E-state index is 12.7. The highest BCUT2D eigenvalue weighted by atomic mass is 16.1. The first-order valence-electron chi connectivity index (χ1n) is 10.6. The average Bonchev–Trinajstić information content (AvgIpc) is 3.12. The van der Waals surface area contributed by atoms with Crippen LogP contribution >= 0.6 is 0 Å². The van der Waals surface area contributed by atoms with E-state index in [0.717, 1.165) is 28.3 Å².